The Morgan fingerprint density at radius 1 is 1.56 bits per heavy atom. The Kier molecular flexibility index (Phi) is 4.18. The molecule has 1 saturated heterocycles. The largest absolute Gasteiger partial charge is 0.369 e. The van der Waals surface area contributed by atoms with Gasteiger partial charge in [-0.05, 0) is 53.9 Å². The van der Waals surface area contributed by atoms with E-state index < -0.39 is 0 Å². The van der Waals surface area contributed by atoms with Gasteiger partial charge in [-0.3, -0.25) is 0 Å². The summed E-state index contributed by atoms with van der Waals surface area (Å²) < 4.78 is 1.06. The Bertz CT molecular complexity index is 348. The van der Waals surface area contributed by atoms with Crippen molar-refractivity contribution in [3.63, 3.8) is 0 Å². The van der Waals surface area contributed by atoms with Crippen molar-refractivity contribution in [1.29, 1.82) is 0 Å². The van der Waals surface area contributed by atoms with Crippen LogP contribution in [0.2, 0.25) is 0 Å². The number of halogens is 1. The highest BCUT2D eigenvalue weighted by molar-refractivity contribution is 9.10. The zero-order valence-electron chi connectivity index (χ0n) is 9.59. The van der Waals surface area contributed by atoms with Crippen LogP contribution in [0.5, 0.6) is 0 Å². The van der Waals surface area contributed by atoms with E-state index in [4.69, 9.17) is 0 Å². The first kappa shape index (κ1) is 11.9. The molecule has 0 amide bonds. The number of hydrogen-bond acceptors (Lipinski definition) is 3. The molecule has 3 nitrogen and oxygen atoms in total. The van der Waals surface area contributed by atoms with E-state index >= 15 is 0 Å². The summed E-state index contributed by atoms with van der Waals surface area (Å²) in [6.45, 7) is 4.20. The van der Waals surface area contributed by atoms with E-state index in [1.165, 1.54) is 24.8 Å². The van der Waals surface area contributed by atoms with Crippen LogP contribution >= 0.6 is 15.9 Å². The van der Waals surface area contributed by atoms with Crippen molar-refractivity contribution >= 4 is 21.7 Å². The summed E-state index contributed by atoms with van der Waals surface area (Å²) in [5.74, 6) is 0.966. The summed E-state index contributed by atoms with van der Waals surface area (Å²) in [6.07, 6.45) is 5.77. The summed E-state index contributed by atoms with van der Waals surface area (Å²) in [4.78, 5) is 4.34. The highest BCUT2D eigenvalue weighted by atomic mass is 79.9. The van der Waals surface area contributed by atoms with Crippen molar-refractivity contribution in [3.8, 4) is 0 Å². The molecule has 1 atom stereocenters. The van der Waals surface area contributed by atoms with Crippen LogP contribution < -0.4 is 10.6 Å². The van der Waals surface area contributed by atoms with E-state index in [1.54, 1.807) is 0 Å². The Balaban J connectivity index is 1.86. The molecule has 1 aromatic heterocycles. The van der Waals surface area contributed by atoms with Crippen LogP contribution in [0, 0.1) is 6.92 Å². The standard InChI is InChI=1S/C12H18BrN3/c1-9-6-12(16-8-11(9)13)15-7-10-4-2-3-5-14-10/h6,8,10,14H,2-5,7H2,1H3,(H,15,16). The number of aromatic nitrogens is 1. The first-order valence-corrected chi connectivity index (χ1v) is 6.64. The van der Waals surface area contributed by atoms with Crippen LogP contribution in [0.3, 0.4) is 0 Å². The SMILES string of the molecule is Cc1cc(NCC2CCCCN2)ncc1Br. The third-order valence-corrected chi connectivity index (χ3v) is 3.82. The van der Waals surface area contributed by atoms with Crippen LogP contribution in [-0.2, 0) is 0 Å². The number of piperidine rings is 1. The highest BCUT2D eigenvalue weighted by Gasteiger charge is 2.11. The number of aryl methyl sites for hydroxylation is 1. The van der Waals surface area contributed by atoms with Gasteiger partial charge in [-0.1, -0.05) is 6.42 Å². The second-order valence-corrected chi connectivity index (χ2v) is 5.20. The van der Waals surface area contributed by atoms with E-state index in [0.29, 0.717) is 6.04 Å². The normalized spacial score (nSPS) is 20.8. The predicted molar refractivity (Wildman–Crippen MR) is 70.8 cm³/mol. The Hall–Kier alpha value is -0.610. The van der Waals surface area contributed by atoms with Gasteiger partial charge < -0.3 is 10.6 Å². The predicted octanol–water partition coefficient (Wildman–Crippen LogP) is 2.71. The second kappa shape index (κ2) is 5.64. The van der Waals surface area contributed by atoms with E-state index in [2.05, 4.69) is 44.5 Å². The molecule has 0 bridgehead atoms. The average molecular weight is 284 g/mol. The maximum absolute atomic E-state index is 4.34. The first-order chi connectivity index (χ1) is 7.75. The summed E-state index contributed by atoms with van der Waals surface area (Å²) in [7, 11) is 0. The molecule has 0 saturated carbocycles. The molecule has 1 fully saturated rings. The molecule has 1 aromatic rings. The fourth-order valence-corrected chi connectivity index (χ4v) is 2.18. The monoisotopic (exact) mass is 283 g/mol. The van der Waals surface area contributed by atoms with Gasteiger partial charge in [0, 0.05) is 23.3 Å². The number of nitrogens with one attached hydrogen (secondary N) is 2. The fourth-order valence-electron chi connectivity index (χ4n) is 1.96. The smallest absolute Gasteiger partial charge is 0.126 e. The lowest BCUT2D eigenvalue weighted by atomic mass is 10.1. The van der Waals surface area contributed by atoms with Crippen LogP contribution in [0.25, 0.3) is 0 Å². The third-order valence-electron chi connectivity index (χ3n) is 2.99. The molecule has 88 valence electrons. The number of anilines is 1. The Morgan fingerprint density at radius 2 is 2.44 bits per heavy atom. The maximum atomic E-state index is 4.34. The maximum Gasteiger partial charge on any atom is 0.126 e. The van der Waals surface area contributed by atoms with E-state index in [-0.39, 0.29) is 0 Å². The molecular weight excluding hydrogens is 266 g/mol. The minimum Gasteiger partial charge on any atom is -0.369 e. The highest BCUT2D eigenvalue weighted by Crippen LogP contribution is 2.17. The molecule has 2 heterocycles. The van der Waals surface area contributed by atoms with Crippen LogP contribution in [0.4, 0.5) is 5.82 Å². The van der Waals surface area contributed by atoms with Crippen molar-refractivity contribution in [1.82, 2.24) is 10.3 Å². The molecule has 2 N–H and O–H groups in total. The second-order valence-electron chi connectivity index (χ2n) is 4.35. The Labute approximate surface area is 105 Å². The molecule has 4 heteroatoms. The van der Waals surface area contributed by atoms with Gasteiger partial charge in [-0.15, -0.1) is 0 Å². The van der Waals surface area contributed by atoms with Gasteiger partial charge in [-0.25, -0.2) is 4.98 Å². The van der Waals surface area contributed by atoms with Crippen molar-refractivity contribution < 1.29 is 0 Å². The van der Waals surface area contributed by atoms with Crippen LogP contribution in [-0.4, -0.2) is 24.1 Å². The zero-order chi connectivity index (χ0) is 11.4. The molecule has 0 radical (unpaired) electrons. The molecule has 1 aliphatic heterocycles. The van der Waals surface area contributed by atoms with Crippen molar-refractivity contribution in [2.75, 3.05) is 18.4 Å². The van der Waals surface area contributed by atoms with Crippen LogP contribution in [0.15, 0.2) is 16.7 Å². The van der Waals surface area contributed by atoms with Gasteiger partial charge in [0.25, 0.3) is 0 Å². The van der Waals surface area contributed by atoms with E-state index in [0.717, 1.165) is 23.4 Å². The molecule has 1 aliphatic rings. The van der Waals surface area contributed by atoms with Gasteiger partial charge in [0.1, 0.15) is 5.82 Å². The summed E-state index contributed by atoms with van der Waals surface area (Å²) in [5, 5.41) is 6.90. The number of pyridine rings is 1. The molecule has 0 aromatic carbocycles. The molecule has 1 unspecified atom stereocenters. The van der Waals surface area contributed by atoms with E-state index in [1.807, 2.05) is 6.20 Å². The van der Waals surface area contributed by atoms with Crippen LogP contribution in [0.1, 0.15) is 24.8 Å². The topological polar surface area (TPSA) is 37.0 Å². The molecule has 16 heavy (non-hydrogen) atoms. The quantitative estimate of drug-likeness (QED) is 0.896. The average Bonchev–Trinajstić information content (AvgIpc) is 2.32. The molecule has 0 spiro atoms. The summed E-state index contributed by atoms with van der Waals surface area (Å²) in [5.41, 5.74) is 1.22. The first-order valence-electron chi connectivity index (χ1n) is 5.85. The third kappa shape index (κ3) is 3.19. The number of nitrogens with zero attached hydrogens (tertiary/aromatic N) is 1. The molecule has 0 aliphatic carbocycles. The van der Waals surface area contributed by atoms with Crippen molar-refractivity contribution in [3.05, 3.63) is 22.3 Å². The molecule has 2 rings (SSSR count). The summed E-state index contributed by atoms with van der Waals surface area (Å²) in [6, 6.07) is 2.67. The lowest BCUT2D eigenvalue weighted by Crippen LogP contribution is -2.39. The molecular formula is C12H18BrN3. The summed E-state index contributed by atoms with van der Waals surface area (Å²) >= 11 is 3.45. The van der Waals surface area contributed by atoms with E-state index in [9.17, 15) is 0 Å². The fraction of sp³-hybridized carbons (Fsp3) is 0.583. The van der Waals surface area contributed by atoms with Gasteiger partial charge in [0.15, 0.2) is 0 Å². The number of hydrogen-bond donors (Lipinski definition) is 2. The zero-order valence-corrected chi connectivity index (χ0v) is 11.2. The van der Waals surface area contributed by atoms with Gasteiger partial charge >= 0.3 is 0 Å². The lowest BCUT2D eigenvalue weighted by Gasteiger charge is -2.23. The van der Waals surface area contributed by atoms with Gasteiger partial charge in [-0.2, -0.15) is 0 Å². The van der Waals surface area contributed by atoms with Crippen molar-refractivity contribution in [2.45, 2.75) is 32.2 Å². The van der Waals surface area contributed by atoms with Gasteiger partial charge in [0.05, 0.1) is 0 Å². The van der Waals surface area contributed by atoms with Gasteiger partial charge in [0.2, 0.25) is 0 Å². The van der Waals surface area contributed by atoms with Crippen molar-refractivity contribution in [2.24, 2.45) is 0 Å². The Morgan fingerprint density at radius 3 is 3.12 bits per heavy atom. The minimum atomic E-state index is 0.597. The number of rotatable bonds is 3. The lowest BCUT2D eigenvalue weighted by molar-refractivity contribution is 0.414. The minimum absolute atomic E-state index is 0.597.